The van der Waals surface area contributed by atoms with Crippen LogP contribution in [0.3, 0.4) is 0 Å². The lowest BCUT2D eigenvalue weighted by atomic mass is 10.2. The number of ether oxygens (including phenoxy) is 1. The largest absolute Gasteiger partial charge is 0.494 e. The molecule has 0 fully saturated rings. The van der Waals surface area contributed by atoms with Gasteiger partial charge in [-0.1, -0.05) is 12.1 Å². The molecule has 0 radical (unpaired) electrons. The van der Waals surface area contributed by atoms with Crippen LogP contribution in [0.15, 0.2) is 24.3 Å². The van der Waals surface area contributed by atoms with Crippen molar-refractivity contribution in [3.8, 4) is 17.1 Å². The molecule has 0 saturated heterocycles. The van der Waals surface area contributed by atoms with E-state index in [0.717, 1.165) is 22.3 Å². The van der Waals surface area contributed by atoms with Gasteiger partial charge in [0.15, 0.2) is 5.82 Å². The Balaban J connectivity index is 2.28. The molecule has 0 spiro atoms. The van der Waals surface area contributed by atoms with Crippen LogP contribution in [0.2, 0.25) is 0 Å². The highest BCUT2D eigenvalue weighted by Crippen LogP contribution is 2.24. The summed E-state index contributed by atoms with van der Waals surface area (Å²) in [6.45, 7) is 2.63. The summed E-state index contributed by atoms with van der Waals surface area (Å²) in [4.78, 5) is 4.34. The fourth-order valence-corrected chi connectivity index (χ4v) is 1.87. The van der Waals surface area contributed by atoms with E-state index in [2.05, 4.69) is 14.7 Å². The Morgan fingerprint density at radius 2 is 2.31 bits per heavy atom. The summed E-state index contributed by atoms with van der Waals surface area (Å²) in [5.41, 5.74) is 0.976. The molecule has 0 atom stereocenters. The van der Waals surface area contributed by atoms with Gasteiger partial charge in [0.05, 0.1) is 6.61 Å². The van der Waals surface area contributed by atoms with E-state index in [9.17, 15) is 0 Å². The molecule has 1 heterocycles. The van der Waals surface area contributed by atoms with E-state index in [0.29, 0.717) is 6.61 Å². The molecule has 5 heteroatoms. The minimum absolute atomic E-state index is 0.662. The SMILES string of the molecule is CCOc1cccc(-c2nsc(NC)n2)c1. The molecule has 4 nitrogen and oxygen atoms in total. The maximum absolute atomic E-state index is 5.43. The third-order valence-corrected chi connectivity index (χ3v) is 2.78. The van der Waals surface area contributed by atoms with E-state index in [4.69, 9.17) is 4.74 Å². The molecule has 0 bridgehead atoms. The number of aromatic nitrogens is 2. The summed E-state index contributed by atoms with van der Waals surface area (Å²) < 4.78 is 9.70. The van der Waals surface area contributed by atoms with Crippen molar-refractivity contribution in [1.29, 1.82) is 0 Å². The van der Waals surface area contributed by atoms with Crippen molar-refractivity contribution in [1.82, 2.24) is 9.36 Å². The average molecular weight is 235 g/mol. The third-order valence-electron chi connectivity index (χ3n) is 2.04. The monoisotopic (exact) mass is 235 g/mol. The second-order valence-corrected chi connectivity index (χ2v) is 3.89. The maximum Gasteiger partial charge on any atom is 0.202 e. The van der Waals surface area contributed by atoms with Crippen molar-refractivity contribution >= 4 is 16.7 Å². The zero-order valence-electron chi connectivity index (χ0n) is 9.23. The lowest BCUT2D eigenvalue weighted by molar-refractivity contribution is 0.340. The lowest BCUT2D eigenvalue weighted by Gasteiger charge is -2.03. The first-order valence-corrected chi connectivity index (χ1v) is 5.85. The first-order valence-electron chi connectivity index (χ1n) is 5.08. The van der Waals surface area contributed by atoms with Crippen molar-refractivity contribution < 1.29 is 4.74 Å². The molecular weight excluding hydrogens is 222 g/mol. The van der Waals surface area contributed by atoms with Crippen LogP contribution < -0.4 is 10.1 Å². The van der Waals surface area contributed by atoms with E-state index in [1.807, 2.05) is 38.2 Å². The molecule has 2 aromatic rings. The van der Waals surface area contributed by atoms with Crippen LogP contribution in [0.1, 0.15) is 6.92 Å². The van der Waals surface area contributed by atoms with Crippen LogP contribution in [-0.4, -0.2) is 23.0 Å². The van der Waals surface area contributed by atoms with Crippen molar-refractivity contribution in [3.63, 3.8) is 0 Å². The molecular formula is C11H13N3OS. The second kappa shape index (κ2) is 4.94. The number of anilines is 1. The van der Waals surface area contributed by atoms with Crippen LogP contribution in [0.4, 0.5) is 5.13 Å². The molecule has 84 valence electrons. The molecule has 0 unspecified atom stereocenters. The second-order valence-electron chi connectivity index (χ2n) is 3.13. The van der Waals surface area contributed by atoms with Gasteiger partial charge in [-0.3, -0.25) is 0 Å². The number of hydrogen-bond donors (Lipinski definition) is 1. The summed E-state index contributed by atoms with van der Waals surface area (Å²) in [5, 5.41) is 3.79. The quantitative estimate of drug-likeness (QED) is 0.885. The number of rotatable bonds is 4. The van der Waals surface area contributed by atoms with Gasteiger partial charge in [0.2, 0.25) is 5.13 Å². The summed E-state index contributed by atoms with van der Waals surface area (Å²) in [7, 11) is 1.83. The summed E-state index contributed by atoms with van der Waals surface area (Å²) >= 11 is 1.35. The molecule has 0 amide bonds. The van der Waals surface area contributed by atoms with Gasteiger partial charge in [0.25, 0.3) is 0 Å². The van der Waals surface area contributed by atoms with Crippen LogP contribution in [-0.2, 0) is 0 Å². The third kappa shape index (κ3) is 2.30. The number of benzene rings is 1. The molecule has 16 heavy (non-hydrogen) atoms. The molecule has 0 aliphatic heterocycles. The highest BCUT2D eigenvalue weighted by atomic mass is 32.1. The van der Waals surface area contributed by atoms with Gasteiger partial charge < -0.3 is 10.1 Å². The lowest BCUT2D eigenvalue weighted by Crippen LogP contribution is -1.91. The average Bonchev–Trinajstić information content (AvgIpc) is 2.78. The van der Waals surface area contributed by atoms with Crippen molar-refractivity contribution in [2.45, 2.75) is 6.92 Å². The fourth-order valence-electron chi connectivity index (χ4n) is 1.33. The zero-order chi connectivity index (χ0) is 11.4. The Morgan fingerprint density at radius 1 is 1.44 bits per heavy atom. The van der Waals surface area contributed by atoms with Gasteiger partial charge in [-0.15, -0.1) is 0 Å². The van der Waals surface area contributed by atoms with Gasteiger partial charge in [-0.25, -0.2) is 0 Å². The Kier molecular flexibility index (Phi) is 3.36. The first-order chi connectivity index (χ1) is 7.83. The Labute approximate surface area is 98.5 Å². The van der Waals surface area contributed by atoms with E-state index < -0.39 is 0 Å². The van der Waals surface area contributed by atoms with Gasteiger partial charge in [0, 0.05) is 24.1 Å². The van der Waals surface area contributed by atoms with Gasteiger partial charge in [-0.05, 0) is 19.1 Å². The summed E-state index contributed by atoms with van der Waals surface area (Å²) in [6.07, 6.45) is 0. The maximum atomic E-state index is 5.43. The fraction of sp³-hybridized carbons (Fsp3) is 0.273. The molecule has 2 rings (SSSR count). The van der Waals surface area contributed by atoms with Gasteiger partial charge >= 0.3 is 0 Å². The predicted octanol–water partition coefficient (Wildman–Crippen LogP) is 2.65. The molecule has 0 saturated carbocycles. The number of nitrogens with one attached hydrogen (secondary N) is 1. The van der Waals surface area contributed by atoms with Crippen LogP contribution in [0.25, 0.3) is 11.4 Å². The predicted molar refractivity (Wildman–Crippen MR) is 66.1 cm³/mol. The Hall–Kier alpha value is -1.62. The molecule has 1 N–H and O–H groups in total. The molecule has 1 aromatic heterocycles. The zero-order valence-corrected chi connectivity index (χ0v) is 10.0. The van der Waals surface area contributed by atoms with E-state index in [1.54, 1.807) is 0 Å². The number of nitrogens with zero attached hydrogens (tertiary/aromatic N) is 2. The van der Waals surface area contributed by atoms with E-state index in [-0.39, 0.29) is 0 Å². The standard InChI is InChI=1S/C11H13N3OS/c1-3-15-9-6-4-5-8(7-9)10-13-11(12-2)16-14-10/h4-7H,3H2,1-2H3,(H,12,13,14). The first kappa shape index (κ1) is 10.9. The van der Waals surface area contributed by atoms with E-state index in [1.165, 1.54) is 11.5 Å². The van der Waals surface area contributed by atoms with Crippen LogP contribution in [0, 0.1) is 0 Å². The highest BCUT2D eigenvalue weighted by Gasteiger charge is 2.06. The number of hydrogen-bond acceptors (Lipinski definition) is 5. The summed E-state index contributed by atoms with van der Waals surface area (Å²) in [5.74, 6) is 1.58. The topological polar surface area (TPSA) is 47.0 Å². The van der Waals surface area contributed by atoms with Crippen molar-refractivity contribution in [3.05, 3.63) is 24.3 Å². The minimum atomic E-state index is 0.662. The Morgan fingerprint density at radius 3 is 3.00 bits per heavy atom. The van der Waals surface area contributed by atoms with Crippen LogP contribution in [0.5, 0.6) is 5.75 Å². The van der Waals surface area contributed by atoms with Crippen LogP contribution >= 0.6 is 11.5 Å². The molecule has 0 aliphatic rings. The van der Waals surface area contributed by atoms with Gasteiger partial charge in [-0.2, -0.15) is 9.36 Å². The normalized spacial score (nSPS) is 10.1. The highest BCUT2D eigenvalue weighted by molar-refractivity contribution is 7.09. The van der Waals surface area contributed by atoms with E-state index >= 15 is 0 Å². The van der Waals surface area contributed by atoms with Crippen molar-refractivity contribution in [2.75, 3.05) is 19.0 Å². The smallest absolute Gasteiger partial charge is 0.202 e. The minimum Gasteiger partial charge on any atom is -0.494 e. The summed E-state index contributed by atoms with van der Waals surface area (Å²) in [6, 6.07) is 7.80. The molecule has 1 aromatic carbocycles. The van der Waals surface area contributed by atoms with Gasteiger partial charge in [0.1, 0.15) is 5.75 Å². The molecule has 0 aliphatic carbocycles. The Bertz CT molecular complexity index is 470. The van der Waals surface area contributed by atoms with Crippen molar-refractivity contribution in [2.24, 2.45) is 0 Å².